The van der Waals surface area contributed by atoms with Gasteiger partial charge in [-0.25, -0.2) is 8.42 Å². The summed E-state index contributed by atoms with van der Waals surface area (Å²) >= 11 is 0. The van der Waals surface area contributed by atoms with Crippen LogP contribution in [-0.2, 0) is 21.2 Å². The molecule has 2 aromatic carbocycles. The van der Waals surface area contributed by atoms with Crippen LogP contribution < -0.4 is 9.46 Å². The fraction of sp³-hybridized carbons (Fsp3) is 0.567. The Bertz CT molecular complexity index is 1200. The van der Waals surface area contributed by atoms with Crippen LogP contribution in [-0.4, -0.2) is 74.7 Å². The number of anilines is 1. The van der Waals surface area contributed by atoms with Gasteiger partial charge in [-0.3, -0.25) is 9.52 Å². The van der Waals surface area contributed by atoms with Gasteiger partial charge in [-0.1, -0.05) is 44.4 Å². The molecule has 9 heteroatoms. The SMILES string of the molecule is C[C@H](CO)N1C[C@H](C)[C@H](CN(C)CC2CCCCC2)Oc2ccc(NS(=O)(=O)c3ccccc3)cc2CC1=O. The van der Waals surface area contributed by atoms with Gasteiger partial charge in [0.15, 0.2) is 0 Å². The van der Waals surface area contributed by atoms with Crippen molar-refractivity contribution in [2.75, 3.05) is 38.0 Å². The molecule has 1 aliphatic carbocycles. The lowest BCUT2D eigenvalue weighted by Crippen LogP contribution is -2.48. The predicted octanol–water partition coefficient (Wildman–Crippen LogP) is 4.15. The largest absolute Gasteiger partial charge is 0.488 e. The number of carbonyl (C=O) groups excluding carboxylic acids is 1. The van der Waals surface area contributed by atoms with Crippen LogP contribution in [0.5, 0.6) is 5.75 Å². The lowest BCUT2D eigenvalue weighted by Gasteiger charge is -2.35. The van der Waals surface area contributed by atoms with Crippen LogP contribution in [0.1, 0.15) is 51.5 Å². The lowest BCUT2D eigenvalue weighted by molar-refractivity contribution is -0.134. The number of fused-ring (bicyclic) bond motifs is 1. The quantitative estimate of drug-likeness (QED) is 0.481. The average Bonchev–Trinajstić information content (AvgIpc) is 2.96. The van der Waals surface area contributed by atoms with E-state index in [9.17, 15) is 18.3 Å². The molecule has 1 fully saturated rings. The Morgan fingerprint density at radius 2 is 1.82 bits per heavy atom. The zero-order valence-electron chi connectivity index (χ0n) is 23.4. The standard InChI is InChI=1S/C30H43N3O5S/c1-22-18-33(23(2)21-34)30(35)17-25-16-26(31-39(36,37)27-12-8-5-9-13-27)14-15-28(25)38-29(22)20-32(3)19-24-10-6-4-7-11-24/h5,8-9,12-16,22-24,29,31,34H,4,6-7,10-11,17-21H2,1-3H3/t22-,23+,29-/m0/s1. The number of sulfonamides is 1. The highest BCUT2D eigenvalue weighted by Gasteiger charge is 2.31. The Kier molecular flexibility index (Phi) is 9.91. The summed E-state index contributed by atoms with van der Waals surface area (Å²) in [6.45, 7) is 6.03. The first kappa shape index (κ1) is 29.4. The van der Waals surface area contributed by atoms with Crippen LogP contribution in [0.15, 0.2) is 53.4 Å². The zero-order chi connectivity index (χ0) is 28.0. The van der Waals surface area contributed by atoms with Gasteiger partial charge in [0.1, 0.15) is 11.9 Å². The molecule has 2 N–H and O–H groups in total. The van der Waals surface area contributed by atoms with E-state index in [1.54, 1.807) is 41.3 Å². The van der Waals surface area contributed by atoms with Gasteiger partial charge in [0, 0.05) is 36.8 Å². The highest BCUT2D eigenvalue weighted by Crippen LogP contribution is 2.31. The van der Waals surface area contributed by atoms with E-state index in [1.165, 1.54) is 44.2 Å². The Morgan fingerprint density at radius 3 is 2.51 bits per heavy atom. The number of aliphatic hydroxyl groups excluding tert-OH is 1. The first-order chi connectivity index (χ1) is 18.7. The molecule has 1 heterocycles. The van der Waals surface area contributed by atoms with Crippen molar-refractivity contribution in [2.45, 2.75) is 69.4 Å². The van der Waals surface area contributed by atoms with Crippen molar-refractivity contribution in [1.82, 2.24) is 9.80 Å². The molecule has 0 spiro atoms. The van der Waals surface area contributed by atoms with Crippen molar-refractivity contribution < 1.29 is 23.1 Å². The molecule has 39 heavy (non-hydrogen) atoms. The third kappa shape index (κ3) is 7.74. The molecule has 0 aromatic heterocycles. The molecule has 0 unspecified atom stereocenters. The van der Waals surface area contributed by atoms with E-state index in [4.69, 9.17) is 4.74 Å². The number of ether oxygens (including phenoxy) is 1. The second kappa shape index (κ2) is 13.2. The van der Waals surface area contributed by atoms with Crippen LogP contribution in [0, 0.1) is 11.8 Å². The minimum atomic E-state index is -3.78. The number of nitrogens with one attached hydrogen (secondary N) is 1. The molecular formula is C30H43N3O5S. The minimum Gasteiger partial charge on any atom is -0.488 e. The van der Waals surface area contributed by atoms with Gasteiger partial charge in [-0.2, -0.15) is 0 Å². The van der Waals surface area contributed by atoms with Crippen LogP contribution in [0.2, 0.25) is 0 Å². The van der Waals surface area contributed by atoms with E-state index < -0.39 is 10.0 Å². The normalized spacial score (nSPS) is 21.9. The van der Waals surface area contributed by atoms with E-state index in [0.717, 1.165) is 13.1 Å². The molecule has 2 aromatic rings. The molecule has 0 saturated heterocycles. The summed E-state index contributed by atoms with van der Waals surface area (Å²) in [6.07, 6.45) is 6.35. The number of likely N-dealkylation sites (N-methyl/N-ethyl adjacent to an activating group) is 1. The fourth-order valence-electron chi connectivity index (χ4n) is 5.72. The molecular weight excluding hydrogens is 514 g/mol. The summed E-state index contributed by atoms with van der Waals surface area (Å²) in [6, 6.07) is 13.0. The Labute approximate surface area is 233 Å². The molecule has 2 aliphatic rings. The number of amides is 1. The monoisotopic (exact) mass is 557 g/mol. The average molecular weight is 558 g/mol. The lowest BCUT2D eigenvalue weighted by atomic mass is 9.89. The number of hydrogen-bond acceptors (Lipinski definition) is 6. The highest BCUT2D eigenvalue weighted by molar-refractivity contribution is 7.92. The van der Waals surface area contributed by atoms with Crippen LogP contribution in [0.25, 0.3) is 0 Å². The Balaban J connectivity index is 1.60. The molecule has 1 saturated carbocycles. The number of hydrogen-bond donors (Lipinski definition) is 2. The Morgan fingerprint density at radius 1 is 1.10 bits per heavy atom. The first-order valence-electron chi connectivity index (χ1n) is 14.1. The number of carbonyl (C=O) groups is 1. The second-order valence-corrected chi connectivity index (χ2v) is 13.0. The highest BCUT2D eigenvalue weighted by atomic mass is 32.2. The maximum atomic E-state index is 13.4. The maximum Gasteiger partial charge on any atom is 0.261 e. The second-order valence-electron chi connectivity index (χ2n) is 11.4. The molecule has 8 nitrogen and oxygen atoms in total. The summed E-state index contributed by atoms with van der Waals surface area (Å²) in [5.41, 5.74) is 0.992. The van der Waals surface area contributed by atoms with Gasteiger partial charge in [-0.15, -0.1) is 0 Å². The molecule has 1 amide bonds. The summed E-state index contributed by atoms with van der Waals surface area (Å²) in [4.78, 5) is 17.7. The zero-order valence-corrected chi connectivity index (χ0v) is 24.2. The van der Waals surface area contributed by atoms with E-state index in [0.29, 0.717) is 29.5 Å². The molecule has 214 valence electrons. The molecule has 4 rings (SSSR count). The van der Waals surface area contributed by atoms with Crippen molar-refractivity contribution in [3.63, 3.8) is 0 Å². The van der Waals surface area contributed by atoms with E-state index in [2.05, 4.69) is 23.6 Å². The van der Waals surface area contributed by atoms with Gasteiger partial charge in [-0.05, 0) is 63.1 Å². The summed E-state index contributed by atoms with van der Waals surface area (Å²) in [7, 11) is -1.64. The van der Waals surface area contributed by atoms with E-state index >= 15 is 0 Å². The van der Waals surface area contributed by atoms with Gasteiger partial charge in [0.25, 0.3) is 10.0 Å². The van der Waals surface area contributed by atoms with Crippen molar-refractivity contribution in [2.24, 2.45) is 11.8 Å². The first-order valence-corrected chi connectivity index (χ1v) is 15.6. The summed E-state index contributed by atoms with van der Waals surface area (Å²) in [5.74, 6) is 1.20. The van der Waals surface area contributed by atoms with Crippen LogP contribution in [0.4, 0.5) is 5.69 Å². The van der Waals surface area contributed by atoms with Gasteiger partial charge >= 0.3 is 0 Å². The summed E-state index contributed by atoms with van der Waals surface area (Å²) in [5, 5.41) is 9.88. The summed E-state index contributed by atoms with van der Waals surface area (Å²) < 4.78 is 35.1. The van der Waals surface area contributed by atoms with E-state index in [1.807, 2.05) is 6.92 Å². The van der Waals surface area contributed by atoms with Gasteiger partial charge < -0.3 is 19.6 Å². The number of aliphatic hydroxyl groups is 1. The smallest absolute Gasteiger partial charge is 0.261 e. The van der Waals surface area contributed by atoms with Crippen LogP contribution in [0.3, 0.4) is 0 Å². The third-order valence-corrected chi connectivity index (χ3v) is 9.41. The van der Waals surface area contributed by atoms with Gasteiger partial charge in [0.2, 0.25) is 5.91 Å². The van der Waals surface area contributed by atoms with Crippen molar-refractivity contribution >= 4 is 21.6 Å². The molecule has 1 aliphatic heterocycles. The van der Waals surface area contributed by atoms with Crippen molar-refractivity contribution in [1.29, 1.82) is 0 Å². The molecule has 3 atom stereocenters. The van der Waals surface area contributed by atoms with Gasteiger partial charge in [0.05, 0.1) is 24.0 Å². The van der Waals surface area contributed by atoms with Crippen molar-refractivity contribution in [3.05, 3.63) is 54.1 Å². The molecule has 0 radical (unpaired) electrons. The topological polar surface area (TPSA) is 99.2 Å². The Hall–Kier alpha value is -2.62. The number of nitrogens with zero attached hydrogens (tertiary/aromatic N) is 2. The van der Waals surface area contributed by atoms with Crippen LogP contribution >= 0.6 is 0 Å². The van der Waals surface area contributed by atoms with E-state index in [-0.39, 0.29) is 41.9 Å². The predicted molar refractivity (Wildman–Crippen MR) is 153 cm³/mol. The third-order valence-electron chi connectivity index (χ3n) is 8.01. The maximum absolute atomic E-state index is 13.4. The fourth-order valence-corrected chi connectivity index (χ4v) is 6.79. The van der Waals surface area contributed by atoms with Crippen molar-refractivity contribution in [3.8, 4) is 5.75 Å². The minimum absolute atomic E-state index is 0.0268. The number of benzene rings is 2. The number of rotatable bonds is 9. The molecule has 0 bridgehead atoms.